The Balaban J connectivity index is 0.00000225. The molecule has 0 aliphatic carbocycles. The summed E-state index contributed by atoms with van der Waals surface area (Å²) in [6.07, 6.45) is 0. The predicted octanol–water partition coefficient (Wildman–Crippen LogP) is 1.72. The first-order chi connectivity index (χ1) is 11.2. The second kappa shape index (κ2) is 6.49. The third-order valence-electron chi connectivity index (χ3n) is 3.98. The van der Waals surface area contributed by atoms with Gasteiger partial charge < -0.3 is 10.6 Å². The van der Waals surface area contributed by atoms with E-state index in [-0.39, 0.29) is 23.2 Å². The molecule has 1 heterocycles. The van der Waals surface area contributed by atoms with Crippen molar-refractivity contribution in [2.24, 2.45) is 5.73 Å². The molecule has 0 spiro atoms. The largest absolute Gasteiger partial charge is 0.325 e. The molecule has 0 bridgehead atoms. The Hall–Kier alpha value is -1.81. The molecule has 1 aliphatic rings. The van der Waals surface area contributed by atoms with E-state index in [0.29, 0.717) is 22.0 Å². The van der Waals surface area contributed by atoms with E-state index in [4.69, 9.17) is 5.73 Å². The number of benzene rings is 2. The molecule has 1 amide bonds. The minimum Gasteiger partial charge on any atom is -0.325 e. The van der Waals surface area contributed by atoms with E-state index < -0.39 is 29.0 Å². The summed E-state index contributed by atoms with van der Waals surface area (Å²) in [5.74, 6) is -3.58. The molecule has 0 radical (unpaired) electrons. The van der Waals surface area contributed by atoms with Crippen molar-refractivity contribution in [3.63, 3.8) is 0 Å². The van der Waals surface area contributed by atoms with Crippen molar-refractivity contribution in [2.45, 2.75) is 10.8 Å². The summed E-state index contributed by atoms with van der Waals surface area (Å²) in [6.45, 7) is -2.05. The fourth-order valence-corrected chi connectivity index (χ4v) is 3.96. The van der Waals surface area contributed by atoms with Gasteiger partial charge in [0, 0.05) is 23.4 Å². The zero-order chi connectivity index (χ0) is 17.7. The standard InChI is InChI=1S/C15H15F2N3O3S.ClH/c1-20-11-5-6-12(24(22,23)19-8-15(16,17)7-18)9-3-2-4-10(13(9)11)14(20)21;/h2-6,19H,7-8,18H2,1H3;1H. The second-order valence-electron chi connectivity index (χ2n) is 5.56. The lowest BCUT2D eigenvalue weighted by atomic mass is 10.1. The summed E-state index contributed by atoms with van der Waals surface area (Å²) in [5, 5.41) is 0.810. The number of hydrogen-bond acceptors (Lipinski definition) is 4. The van der Waals surface area contributed by atoms with Gasteiger partial charge in [-0.1, -0.05) is 12.1 Å². The molecular weight excluding hydrogens is 376 g/mol. The summed E-state index contributed by atoms with van der Waals surface area (Å²) < 4.78 is 53.2. The Morgan fingerprint density at radius 3 is 2.56 bits per heavy atom. The van der Waals surface area contributed by atoms with Gasteiger partial charge in [-0.3, -0.25) is 4.79 Å². The predicted molar refractivity (Wildman–Crippen MR) is 93.1 cm³/mol. The van der Waals surface area contributed by atoms with Crippen LogP contribution in [0.1, 0.15) is 10.4 Å². The van der Waals surface area contributed by atoms with Gasteiger partial charge in [0.15, 0.2) is 0 Å². The van der Waals surface area contributed by atoms with Crippen LogP contribution < -0.4 is 15.4 Å². The Bertz CT molecular complexity index is 950. The molecule has 1 aliphatic heterocycles. The lowest BCUT2D eigenvalue weighted by Gasteiger charge is -2.16. The van der Waals surface area contributed by atoms with Crippen molar-refractivity contribution in [2.75, 3.05) is 25.0 Å². The fraction of sp³-hybridized carbons (Fsp3) is 0.267. The number of hydrogen-bond donors (Lipinski definition) is 2. The first-order valence-corrected chi connectivity index (χ1v) is 8.57. The van der Waals surface area contributed by atoms with E-state index in [0.717, 1.165) is 0 Å². The van der Waals surface area contributed by atoms with Crippen molar-refractivity contribution in [3.05, 3.63) is 35.9 Å². The van der Waals surface area contributed by atoms with Crippen molar-refractivity contribution in [3.8, 4) is 0 Å². The van der Waals surface area contributed by atoms with Gasteiger partial charge in [-0.05, 0) is 18.2 Å². The summed E-state index contributed by atoms with van der Waals surface area (Å²) in [5.41, 5.74) is 5.88. The second-order valence-corrected chi connectivity index (χ2v) is 7.30. The van der Waals surface area contributed by atoms with E-state index in [1.165, 1.54) is 17.0 Å². The molecule has 10 heteroatoms. The molecular formula is C15H16ClF2N3O3S. The fourth-order valence-electron chi connectivity index (χ4n) is 2.69. The number of rotatable bonds is 5. The number of nitrogens with zero attached hydrogens (tertiary/aromatic N) is 1. The number of carbonyl (C=O) groups is 1. The van der Waals surface area contributed by atoms with Crippen LogP contribution in [-0.2, 0) is 10.0 Å². The van der Waals surface area contributed by atoms with Crippen molar-refractivity contribution in [1.29, 1.82) is 0 Å². The minimum absolute atomic E-state index is 0. The van der Waals surface area contributed by atoms with Crippen LogP contribution in [0.15, 0.2) is 35.2 Å². The third-order valence-corrected chi connectivity index (χ3v) is 5.44. The van der Waals surface area contributed by atoms with E-state index >= 15 is 0 Å². The summed E-state index contributed by atoms with van der Waals surface area (Å²) in [6, 6.07) is 7.51. The molecule has 3 N–H and O–H groups in total. The summed E-state index contributed by atoms with van der Waals surface area (Å²) >= 11 is 0. The first-order valence-electron chi connectivity index (χ1n) is 7.09. The number of sulfonamides is 1. The lowest BCUT2D eigenvalue weighted by molar-refractivity contribution is 0.0170. The highest BCUT2D eigenvalue weighted by Crippen LogP contribution is 2.39. The van der Waals surface area contributed by atoms with Crippen molar-refractivity contribution >= 4 is 44.8 Å². The molecule has 0 saturated heterocycles. The van der Waals surface area contributed by atoms with Gasteiger partial charge >= 0.3 is 0 Å². The number of halogens is 3. The Morgan fingerprint density at radius 2 is 1.92 bits per heavy atom. The van der Waals surface area contributed by atoms with Gasteiger partial charge in [0.25, 0.3) is 11.8 Å². The Labute approximate surface area is 149 Å². The topological polar surface area (TPSA) is 92.5 Å². The molecule has 2 aromatic carbocycles. The maximum absolute atomic E-state index is 13.3. The van der Waals surface area contributed by atoms with Crippen LogP contribution in [-0.4, -0.2) is 40.4 Å². The monoisotopic (exact) mass is 391 g/mol. The molecule has 0 aromatic heterocycles. The summed E-state index contributed by atoms with van der Waals surface area (Å²) in [7, 11) is -2.60. The first kappa shape index (κ1) is 19.5. The van der Waals surface area contributed by atoms with E-state index in [1.807, 2.05) is 4.72 Å². The molecule has 2 aromatic rings. The molecule has 136 valence electrons. The van der Waals surface area contributed by atoms with Crippen molar-refractivity contribution in [1.82, 2.24) is 4.72 Å². The average molecular weight is 392 g/mol. The average Bonchev–Trinajstić information content (AvgIpc) is 2.80. The SMILES string of the molecule is CN1C(=O)c2cccc3c(S(=O)(=O)NCC(F)(F)CN)ccc1c23.Cl. The number of alkyl halides is 2. The van der Waals surface area contributed by atoms with E-state index in [2.05, 4.69) is 0 Å². The van der Waals surface area contributed by atoms with Gasteiger partial charge in [0.2, 0.25) is 10.0 Å². The van der Waals surface area contributed by atoms with Gasteiger partial charge in [-0.15, -0.1) is 12.4 Å². The lowest BCUT2D eigenvalue weighted by Crippen LogP contribution is -2.41. The highest BCUT2D eigenvalue weighted by Gasteiger charge is 2.32. The van der Waals surface area contributed by atoms with Crippen LogP contribution in [0.4, 0.5) is 14.5 Å². The number of amides is 1. The van der Waals surface area contributed by atoms with Gasteiger partial charge in [0.05, 0.1) is 23.7 Å². The normalized spacial score (nSPS) is 14.1. The maximum Gasteiger partial charge on any atom is 0.273 e. The Morgan fingerprint density at radius 1 is 1.24 bits per heavy atom. The molecule has 0 unspecified atom stereocenters. The number of anilines is 1. The quantitative estimate of drug-likeness (QED) is 0.811. The smallest absolute Gasteiger partial charge is 0.273 e. The maximum atomic E-state index is 13.3. The van der Waals surface area contributed by atoms with Gasteiger partial charge in [-0.25, -0.2) is 21.9 Å². The molecule has 0 atom stereocenters. The van der Waals surface area contributed by atoms with Crippen LogP contribution in [0, 0.1) is 0 Å². The molecule has 25 heavy (non-hydrogen) atoms. The molecule has 6 nitrogen and oxygen atoms in total. The highest BCUT2D eigenvalue weighted by molar-refractivity contribution is 7.89. The van der Waals surface area contributed by atoms with Crippen molar-refractivity contribution < 1.29 is 22.0 Å². The zero-order valence-electron chi connectivity index (χ0n) is 13.1. The molecule has 3 rings (SSSR count). The highest BCUT2D eigenvalue weighted by atomic mass is 35.5. The van der Waals surface area contributed by atoms with E-state index in [1.54, 1.807) is 25.2 Å². The van der Waals surface area contributed by atoms with Crippen LogP contribution in [0.25, 0.3) is 10.8 Å². The zero-order valence-corrected chi connectivity index (χ0v) is 14.8. The summed E-state index contributed by atoms with van der Waals surface area (Å²) in [4.78, 5) is 13.4. The van der Waals surface area contributed by atoms with Crippen LogP contribution in [0.5, 0.6) is 0 Å². The molecule has 0 fully saturated rings. The van der Waals surface area contributed by atoms with Gasteiger partial charge in [-0.2, -0.15) is 0 Å². The van der Waals surface area contributed by atoms with Crippen LogP contribution in [0.3, 0.4) is 0 Å². The minimum atomic E-state index is -4.19. The Kier molecular flexibility index (Phi) is 5.06. The van der Waals surface area contributed by atoms with E-state index in [9.17, 15) is 22.0 Å². The van der Waals surface area contributed by atoms with Crippen LogP contribution in [0.2, 0.25) is 0 Å². The third kappa shape index (κ3) is 3.20. The number of nitrogens with two attached hydrogens (primary N) is 1. The van der Waals surface area contributed by atoms with Crippen LogP contribution >= 0.6 is 12.4 Å². The molecule has 0 saturated carbocycles. The number of nitrogens with one attached hydrogen (secondary N) is 1. The number of carbonyl (C=O) groups excluding carboxylic acids is 1. The van der Waals surface area contributed by atoms with Gasteiger partial charge in [0.1, 0.15) is 0 Å².